The lowest BCUT2D eigenvalue weighted by molar-refractivity contribution is 0.281. The number of thiazole rings is 1. The molecule has 0 bridgehead atoms. The van der Waals surface area contributed by atoms with Crippen LogP contribution >= 0.6 is 34.9 Å². The molecule has 1 saturated heterocycles. The molecule has 4 rings (SSSR count). The molecule has 0 aliphatic carbocycles. The normalized spacial score (nSPS) is 14.7. The van der Waals surface area contributed by atoms with Crippen molar-refractivity contribution in [2.24, 2.45) is 7.05 Å². The van der Waals surface area contributed by atoms with E-state index in [9.17, 15) is 0 Å². The van der Waals surface area contributed by atoms with Gasteiger partial charge in [-0.3, -0.25) is 4.68 Å². The fourth-order valence-corrected chi connectivity index (χ4v) is 6.31. The molecule has 0 spiro atoms. The van der Waals surface area contributed by atoms with Gasteiger partial charge in [-0.15, -0.1) is 34.9 Å². The lowest BCUT2D eigenvalue weighted by atomic mass is 10.2. The van der Waals surface area contributed by atoms with E-state index in [1.165, 1.54) is 17.1 Å². The summed E-state index contributed by atoms with van der Waals surface area (Å²) in [5, 5.41) is 7.17. The largest absolute Gasteiger partial charge is 0.493 e. The predicted molar refractivity (Wildman–Crippen MR) is 109 cm³/mol. The Morgan fingerprint density at radius 1 is 1.23 bits per heavy atom. The highest BCUT2D eigenvalue weighted by atomic mass is 32.2. The Hall–Kier alpha value is -1.64. The van der Waals surface area contributed by atoms with Crippen LogP contribution < -0.4 is 9.47 Å². The van der Waals surface area contributed by atoms with Crippen molar-refractivity contribution < 1.29 is 9.47 Å². The Bertz CT molecular complexity index is 887. The van der Waals surface area contributed by atoms with Gasteiger partial charge in [0.2, 0.25) is 0 Å². The Kier molecular flexibility index (Phi) is 5.42. The summed E-state index contributed by atoms with van der Waals surface area (Å²) in [5.41, 5.74) is 3.22. The van der Waals surface area contributed by atoms with Gasteiger partial charge in [0.05, 0.1) is 23.6 Å². The third-order valence-electron chi connectivity index (χ3n) is 3.96. The molecule has 26 heavy (non-hydrogen) atoms. The second-order valence-corrected chi connectivity index (χ2v) is 9.40. The zero-order valence-electron chi connectivity index (χ0n) is 14.5. The number of nitrogens with zero attached hydrogens (tertiary/aromatic N) is 3. The smallest absolute Gasteiger partial charge is 0.161 e. The summed E-state index contributed by atoms with van der Waals surface area (Å²) in [7, 11) is 3.59. The van der Waals surface area contributed by atoms with Gasteiger partial charge in [0, 0.05) is 35.7 Å². The quantitative estimate of drug-likeness (QED) is 0.597. The molecule has 0 amide bonds. The van der Waals surface area contributed by atoms with Gasteiger partial charge in [-0.2, -0.15) is 5.10 Å². The van der Waals surface area contributed by atoms with Crippen LogP contribution in [0.1, 0.15) is 15.8 Å². The van der Waals surface area contributed by atoms with E-state index >= 15 is 0 Å². The van der Waals surface area contributed by atoms with Crippen LogP contribution in [0.3, 0.4) is 0 Å². The average Bonchev–Trinajstić information content (AvgIpc) is 3.41. The fourth-order valence-electron chi connectivity index (χ4n) is 2.69. The number of hydrogen-bond donors (Lipinski definition) is 0. The van der Waals surface area contributed by atoms with Gasteiger partial charge in [-0.05, 0) is 17.7 Å². The Morgan fingerprint density at radius 2 is 2.08 bits per heavy atom. The van der Waals surface area contributed by atoms with E-state index in [4.69, 9.17) is 9.47 Å². The van der Waals surface area contributed by atoms with Crippen molar-refractivity contribution in [1.29, 1.82) is 0 Å². The van der Waals surface area contributed by atoms with Gasteiger partial charge in [-0.1, -0.05) is 6.07 Å². The summed E-state index contributed by atoms with van der Waals surface area (Å²) < 4.78 is 13.8. The molecule has 0 unspecified atom stereocenters. The van der Waals surface area contributed by atoms with E-state index in [1.807, 2.05) is 54.4 Å². The molecule has 136 valence electrons. The number of methoxy groups -OCH3 is 1. The van der Waals surface area contributed by atoms with Crippen LogP contribution in [0.4, 0.5) is 0 Å². The summed E-state index contributed by atoms with van der Waals surface area (Å²) >= 11 is 5.57. The Labute approximate surface area is 165 Å². The van der Waals surface area contributed by atoms with Crippen molar-refractivity contribution in [3.05, 3.63) is 47.2 Å². The van der Waals surface area contributed by atoms with Crippen molar-refractivity contribution in [1.82, 2.24) is 14.8 Å². The summed E-state index contributed by atoms with van der Waals surface area (Å²) in [6.07, 6.45) is 3.79. The first-order valence-electron chi connectivity index (χ1n) is 8.20. The van der Waals surface area contributed by atoms with Gasteiger partial charge in [0.1, 0.15) is 11.6 Å². The minimum atomic E-state index is 0.416. The second-order valence-electron chi connectivity index (χ2n) is 5.82. The monoisotopic (exact) mass is 405 g/mol. The number of aromatic nitrogens is 3. The van der Waals surface area contributed by atoms with Crippen molar-refractivity contribution in [2.45, 2.75) is 11.2 Å². The highest BCUT2D eigenvalue weighted by molar-refractivity contribution is 8.19. The standard InChI is InChI=1S/C18H19N3O2S3/c1-21-9-13(8-19-21)17-20-14(11-26-17)10-23-15-4-3-12(7-16(15)22-2)18-24-5-6-25-18/h3-4,7-9,11,18H,5-6,10H2,1-2H3. The van der Waals surface area contributed by atoms with E-state index in [-0.39, 0.29) is 0 Å². The Morgan fingerprint density at radius 3 is 2.81 bits per heavy atom. The number of thioether (sulfide) groups is 2. The molecule has 1 fully saturated rings. The van der Waals surface area contributed by atoms with Crippen molar-refractivity contribution in [2.75, 3.05) is 18.6 Å². The summed E-state index contributed by atoms with van der Waals surface area (Å²) in [5.74, 6) is 3.94. The predicted octanol–water partition coefficient (Wildman–Crippen LogP) is 4.61. The molecular weight excluding hydrogens is 386 g/mol. The maximum atomic E-state index is 5.97. The maximum Gasteiger partial charge on any atom is 0.161 e. The van der Waals surface area contributed by atoms with Gasteiger partial charge in [0.15, 0.2) is 11.5 Å². The van der Waals surface area contributed by atoms with Crippen molar-refractivity contribution in [3.8, 4) is 22.1 Å². The zero-order valence-corrected chi connectivity index (χ0v) is 17.0. The molecule has 2 aromatic heterocycles. The molecule has 3 aromatic rings. The lowest BCUT2D eigenvalue weighted by Crippen LogP contribution is -1.99. The first-order valence-corrected chi connectivity index (χ1v) is 11.2. The molecule has 1 aliphatic heterocycles. The second kappa shape index (κ2) is 7.94. The summed E-state index contributed by atoms with van der Waals surface area (Å²) in [6, 6.07) is 6.23. The number of hydrogen-bond acceptors (Lipinski definition) is 7. The minimum absolute atomic E-state index is 0.416. The molecular formula is C18H19N3O2S3. The summed E-state index contributed by atoms with van der Waals surface area (Å²) in [6.45, 7) is 0.416. The van der Waals surface area contributed by atoms with Crippen molar-refractivity contribution in [3.63, 3.8) is 0 Å². The molecule has 0 N–H and O–H groups in total. The van der Waals surface area contributed by atoms with Gasteiger partial charge >= 0.3 is 0 Å². The molecule has 3 heterocycles. The fraction of sp³-hybridized carbons (Fsp3) is 0.333. The molecule has 1 aromatic carbocycles. The molecule has 8 heteroatoms. The van der Waals surface area contributed by atoms with Gasteiger partial charge in [-0.25, -0.2) is 4.98 Å². The summed E-state index contributed by atoms with van der Waals surface area (Å²) in [4.78, 5) is 4.64. The highest BCUT2D eigenvalue weighted by Gasteiger charge is 2.20. The zero-order chi connectivity index (χ0) is 17.9. The SMILES string of the molecule is COc1cc(C2SCCS2)ccc1OCc1csc(-c2cnn(C)c2)n1. The molecule has 5 nitrogen and oxygen atoms in total. The van der Waals surface area contributed by atoms with Crippen LogP contribution in [0.5, 0.6) is 11.5 Å². The first kappa shape index (κ1) is 17.8. The number of rotatable bonds is 6. The van der Waals surface area contributed by atoms with Crippen molar-refractivity contribution >= 4 is 34.9 Å². The van der Waals surface area contributed by atoms with E-state index < -0.39 is 0 Å². The van der Waals surface area contributed by atoms with E-state index in [1.54, 1.807) is 23.1 Å². The van der Waals surface area contributed by atoms with Crippen LogP contribution in [0.15, 0.2) is 36.0 Å². The van der Waals surface area contributed by atoms with Crippen LogP contribution in [-0.4, -0.2) is 33.4 Å². The highest BCUT2D eigenvalue weighted by Crippen LogP contribution is 2.47. The molecule has 0 atom stereocenters. The maximum absolute atomic E-state index is 5.97. The number of ether oxygens (including phenoxy) is 2. The van der Waals surface area contributed by atoms with Crippen LogP contribution in [0.2, 0.25) is 0 Å². The lowest BCUT2D eigenvalue weighted by Gasteiger charge is -2.14. The van der Waals surface area contributed by atoms with Crippen LogP contribution in [-0.2, 0) is 13.7 Å². The average molecular weight is 406 g/mol. The first-order chi connectivity index (χ1) is 12.7. The molecule has 1 aliphatic rings. The molecule has 0 saturated carbocycles. The third kappa shape index (κ3) is 3.87. The van der Waals surface area contributed by atoms with E-state index in [0.29, 0.717) is 11.2 Å². The molecule has 0 radical (unpaired) electrons. The Balaban J connectivity index is 1.45. The number of benzene rings is 1. The van der Waals surface area contributed by atoms with Crippen LogP contribution in [0, 0.1) is 0 Å². The number of aryl methyl sites for hydroxylation is 1. The van der Waals surface area contributed by atoms with E-state index in [0.717, 1.165) is 27.8 Å². The minimum Gasteiger partial charge on any atom is -0.493 e. The van der Waals surface area contributed by atoms with Gasteiger partial charge < -0.3 is 9.47 Å². The van der Waals surface area contributed by atoms with Crippen LogP contribution in [0.25, 0.3) is 10.6 Å². The van der Waals surface area contributed by atoms with E-state index in [2.05, 4.69) is 22.2 Å². The van der Waals surface area contributed by atoms with Gasteiger partial charge in [0.25, 0.3) is 0 Å². The third-order valence-corrected chi connectivity index (χ3v) is 8.01. The topological polar surface area (TPSA) is 49.2 Å².